The summed E-state index contributed by atoms with van der Waals surface area (Å²) in [6, 6.07) is 7.02. The van der Waals surface area contributed by atoms with Crippen molar-refractivity contribution in [2.24, 2.45) is 11.8 Å². The number of hydrogen-bond acceptors (Lipinski definition) is 4. The van der Waals surface area contributed by atoms with Gasteiger partial charge in [-0.3, -0.25) is 0 Å². The summed E-state index contributed by atoms with van der Waals surface area (Å²) in [4.78, 5) is 11.4. The Kier molecular flexibility index (Phi) is 6.05. The van der Waals surface area contributed by atoms with Gasteiger partial charge < -0.3 is 9.47 Å². The van der Waals surface area contributed by atoms with Crippen LogP contribution in [0.15, 0.2) is 24.3 Å². The molecule has 0 aliphatic carbocycles. The van der Waals surface area contributed by atoms with Gasteiger partial charge in [-0.25, -0.2) is 4.79 Å². The molecule has 0 amide bonds. The van der Waals surface area contributed by atoms with Crippen LogP contribution in [0, 0.1) is 11.8 Å². The SMILES string of the molecule is COC(=O)c1cccc(OCC(CS)C(C)C)c1. The molecule has 1 unspecified atom stereocenters. The Morgan fingerprint density at radius 2 is 2.11 bits per heavy atom. The lowest BCUT2D eigenvalue weighted by atomic mass is 9.99. The molecule has 4 heteroatoms. The van der Waals surface area contributed by atoms with E-state index in [4.69, 9.17) is 4.74 Å². The van der Waals surface area contributed by atoms with Crippen LogP contribution in [0.1, 0.15) is 24.2 Å². The van der Waals surface area contributed by atoms with E-state index in [1.54, 1.807) is 18.2 Å². The van der Waals surface area contributed by atoms with Gasteiger partial charge in [0, 0.05) is 5.92 Å². The number of rotatable bonds is 6. The number of carbonyl (C=O) groups is 1. The summed E-state index contributed by atoms with van der Waals surface area (Å²) >= 11 is 4.32. The fraction of sp³-hybridized carbons (Fsp3) is 0.500. The predicted octanol–water partition coefficient (Wildman–Crippen LogP) is 3.05. The van der Waals surface area contributed by atoms with Crippen molar-refractivity contribution in [3.8, 4) is 5.75 Å². The van der Waals surface area contributed by atoms with Gasteiger partial charge in [0.25, 0.3) is 0 Å². The second kappa shape index (κ2) is 7.31. The number of thiol groups is 1. The molecular formula is C14H20O3S. The number of ether oxygens (including phenoxy) is 2. The normalized spacial score (nSPS) is 12.3. The molecule has 18 heavy (non-hydrogen) atoms. The van der Waals surface area contributed by atoms with Gasteiger partial charge in [-0.15, -0.1) is 0 Å². The third-order valence-electron chi connectivity index (χ3n) is 2.90. The zero-order chi connectivity index (χ0) is 13.5. The number of esters is 1. The van der Waals surface area contributed by atoms with Gasteiger partial charge in [0.05, 0.1) is 19.3 Å². The molecule has 0 aliphatic heterocycles. The third kappa shape index (κ3) is 4.26. The highest BCUT2D eigenvalue weighted by atomic mass is 32.1. The Morgan fingerprint density at radius 3 is 2.67 bits per heavy atom. The second-order valence-corrected chi connectivity index (χ2v) is 4.88. The van der Waals surface area contributed by atoms with Gasteiger partial charge in [0.15, 0.2) is 0 Å². The van der Waals surface area contributed by atoms with Crippen molar-refractivity contribution in [3.63, 3.8) is 0 Å². The lowest BCUT2D eigenvalue weighted by Gasteiger charge is -2.19. The summed E-state index contributed by atoms with van der Waals surface area (Å²) in [5.41, 5.74) is 0.502. The molecule has 1 aromatic carbocycles. The molecule has 0 bridgehead atoms. The Hall–Kier alpha value is -1.16. The molecule has 1 atom stereocenters. The van der Waals surface area contributed by atoms with Crippen LogP contribution in [0.25, 0.3) is 0 Å². The maximum Gasteiger partial charge on any atom is 0.337 e. The molecule has 100 valence electrons. The Balaban J connectivity index is 2.65. The first-order valence-electron chi connectivity index (χ1n) is 6.00. The fourth-order valence-corrected chi connectivity index (χ4v) is 2.02. The van der Waals surface area contributed by atoms with Crippen molar-refractivity contribution in [3.05, 3.63) is 29.8 Å². The van der Waals surface area contributed by atoms with Gasteiger partial charge in [-0.1, -0.05) is 19.9 Å². The van der Waals surface area contributed by atoms with Gasteiger partial charge in [0.2, 0.25) is 0 Å². The molecule has 0 spiro atoms. The lowest BCUT2D eigenvalue weighted by Crippen LogP contribution is -2.19. The minimum absolute atomic E-state index is 0.352. The molecule has 0 N–H and O–H groups in total. The summed E-state index contributed by atoms with van der Waals surface area (Å²) in [6.07, 6.45) is 0. The summed E-state index contributed by atoms with van der Waals surface area (Å²) in [7, 11) is 1.37. The van der Waals surface area contributed by atoms with Crippen molar-refractivity contribution in [1.82, 2.24) is 0 Å². The first kappa shape index (κ1) is 14.9. The highest BCUT2D eigenvalue weighted by Crippen LogP contribution is 2.18. The van der Waals surface area contributed by atoms with Crippen molar-refractivity contribution in [2.45, 2.75) is 13.8 Å². The van der Waals surface area contributed by atoms with Crippen molar-refractivity contribution in [1.29, 1.82) is 0 Å². The molecule has 0 aliphatic rings. The van der Waals surface area contributed by atoms with Crippen LogP contribution in [0.4, 0.5) is 0 Å². The minimum atomic E-state index is -0.352. The number of hydrogen-bond donors (Lipinski definition) is 1. The summed E-state index contributed by atoms with van der Waals surface area (Å²) in [5, 5.41) is 0. The topological polar surface area (TPSA) is 35.5 Å². The van der Waals surface area contributed by atoms with Crippen LogP contribution in [-0.4, -0.2) is 25.4 Å². The number of methoxy groups -OCH3 is 1. The van der Waals surface area contributed by atoms with Gasteiger partial charge >= 0.3 is 5.97 Å². The molecule has 1 aromatic rings. The Morgan fingerprint density at radius 1 is 1.39 bits per heavy atom. The minimum Gasteiger partial charge on any atom is -0.493 e. The Labute approximate surface area is 114 Å². The van der Waals surface area contributed by atoms with E-state index in [0.717, 1.165) is 5.75 Å². The van der Waals surface area contributed by atoms with Gasteiger partial charge in [0.1, 0.15) is 5.75 Å². The average molecular weight is 268 g/mol. The lowest BCUT2D eigenvalue weighted by molar-refractivity contribution is 0.0600. The quantitative estimate of drug-likeness (QED) is 0.636. The first-order chi connectivity index (χ1) is 8.58. The largest absolute Gasteiger partial charge is 0.493 e. The molecule has 0 radical (unpaired) electrons. The molecule has 0 aromatic heterocycles. The van der Waals surface area contributed by atoms with Gasteiger partial charge in [-0.05, 0) is 29.9 Å². The first-order valence-corrected chi connectivity index (χ1v) is 6.63. The third-order valence-corrected chi connectivity index (χ3v) is 3.37. The van der Waals surface area contributed by atoms with E-state index in [1.807, 2.05) is 6.07 Å². The van der Waals surface area contributed by atoms with Crippen LogP contribution in [0.5, 0.6) is 5.75 Å². The molecule has 0 fully saturated rings. The maximum atomic E-state index is 11.4. The van der Waals surface area contributed by atoms with E-state index >= 15 is 0 Å². The zero-order valence-electron chi connectivity index (χ0n) is 11.1. The molecule has 1 rings (SSSR count). The zero-order valence-corrected chi connectivity index (χ0v) is 11.9. The molecule has 0 saturated heterocycles. The molecule has 0 heterocycles. The standard InChI is InChI=1S/C14H20O3S/c1-10(2)12(9-18)8-17-13-6-4-5-11(7-13)14(15)16-3/h4-7,10,12,18H,8-9H2,1-3H3. The number of carbonyl (C=O) groups excluding carboxylic acids is 1. The van der Waals surface area contributed by atoms with Crippen molar-refractivity contribution in [2.75, 3.05) is 19.5 Å². The van der Waals surface area contributed by atoms with E-state index in [0.29, 0.717) is 29.8 Å². The van der Waals surface area contributed by atoms with Gasteiger partial charge in [-0.2, -0.15) is 12.6 Å². The average Bonchev–Trinajstić information content (AvgIpc) is 2.38. The van der Waals surface area contributed by atoms with Crippen LogP contribution >= 0.6 is 12.6 Å². The van der Waals surface area contributed by atoms with Crippen LogP contribution in [0.2, 0.25) is 0 Å². The van der Waals surface area contributed by atoms with Crippen molar-refractivity contribution < 1.29 is 14.3 Å². The maximum absolute atomic E-state index is 11.4. The van der Waals surface area contributed by atoms with Crippen LogP contribution in [0.3, 0.4) is 0 Å². The van der Waals surface area contributed by atoms with Crippen LogP contribution in [-0.2, 0) is 4.74 Å². The van der Waals surface area contributed by atoms with Crippen LogP contribution < -0.4 is 4.74 Å². The highest BCUT2D eigenvalue weighted by Gasteiger charge is 2.13. The smallest absolute Gasteiger partial charge is 0.337 e. The fourth-order valence-electron chi connectivity index (χ4n) is 1.49. The van der Waals surface area contributed by atoms with E-state index in [2.05, 4.69) is 31.2 Å². The molecular weight excluding hydrogens is 248 g/mol. The second-order valence-electron chi connectivity index (χ2n) is 4.52. The summed E-state index contributed by atoms with van der Waals surface area (Å²) in [5.74, 6) is 2.04. The van der Waals surface area contributed by atoms with E-state index in [-0.39, 0.29) is 5.97 Å². The van der Waals surface area contributed by atoms with E-state index in [9.17, 15) is 4.79 Å². The summed E-state index contributed by atoms with van der Waals surface area (Å²) in [6.45, 7) is 4.90. The molecule has 3 nitrogen and oxygen atoms in total. The summed E-state index contributed by atoms with van der Waals surface area (Å²) < 4.78 is 10.4. The van der Waals surface area contributed by atoms with E-state index < -0.39 is 0 Å². The molecule has 0 saturated carbocycles. The number of benzene rings is 1. The highest BCUT2D eigenvalue weighted by molar-refractivity contribution is 7.80. The van der Waals surface area contributed by atoms with E-state index in [1.165, 1.54) is 7.11 Å². The monoisotopic (exact) mass is 268 g/mol. The Bertz CT molecular complexity index is 390. The predicted molar refractivity (Wildman–Crippen MR) is 75.5 cm³/mol. The van der Waals surface area contributed by atoms with Crippen molar-refractivity contribution >= 4 is 18.6 Å².